The fraction of sp³-hybridized carbons (Fsp3) is 0.647. The lowest BCUT2D eigenvalue weighted by Crippen LogP contribution is -2.46. The van der Waals surface area contributed by atoms with Gasteiger partial charge in [0.05, 0.1) is 18.1 Å². The van der Waals surface area contributed by atoms with Crippen molar-refractivity contribution in [3.05, 3.63) is 18.2 Å². The number of rotatable bonds is 7. The summed E-state index contributed by atoms with van der Waals surface area (Å²) in [6.45, 7) is -0.118. The van der Waals surface area contributed by atoms with Crippen molar-refractivity contribution < 1.29 is 27.1 Å². The predicted octanol–water partition coefficient (Wildman–Crippen LogP) is 0.764. The molecule has 1 N–H and O–H groups in total. The number of carbonyl (C=O) groups is 2. The number of nitrogens with zero attached hydrogens (tertiary/aromatic N) is 3. The summed E-state index contributed by atoms with van der Waals surface area (Å²) < 4.78 is 45.7. The molecule has 1 saturated heterocycles. The maximum atomic E-state index is 12.8. The summed E-state index contributed by atoms with van der Waals surface area (Å²) in [7, 11) is -3.61. The number of nitrogens with one attached hydrogen (secondary N) is 1. The number of halogens is 1. The summed E-state index contributed by atoms with van der Waals surface area (Å²) in [6.07, 6.45) is 5.35. The standard InChI is InChI=1S/C17H23FN4O5S/c18-12-10-19-17(20-11-12)27-14-6-4-13(5-7-14)21-28(25,26)9-8-22-15(23)2-1-3-16(22)24/h10-11,13-14,21H,1-9H2. The van der Waals surface area contributed by atoms with Gasteiger partial charge in [0.2, 0.25) is 21.8 Å². The van der Waals surface area contributed by atoms with Gasteiger partial charge < -0.3 is 4.74 Å². The van der Waals surface area contributed by atoms with Crippen molar-refractivity contribution in [3.8, 4) is 6.01 Å². The summed E-state index contributed by atoms with van der Waals surface area (Å²) in [4.78, 5) is 32.1. The van der Waals surface area contributed by atoms with Crippen LogP contribution in [0.25, 0.3) is 0 Å². The maximum Gasteiger partial charge on any atom is 0.316 e. The second-order valence-electron chi connectivity index (χ2n) is 7.00. The summed E-state index contributed by atoms with van der Waals surface area (Å²) in [6, 6.07) is -0.131. The Kier molecular flexibility index (Phi) is 6.55. The molecule has 1 aromatic heterocycles. The Balaban J connectivity index is 1.43. The van der Waals surface area contributed by atoms with Gasteiger partial charge in [-0.2, -0.15) is 0 Å². The van der Waals surface area contributed by atoms with Crippen LogP contribution in [0.4, 0.5) is 4.39 Å². The third-order valence-corrected chi connectivity index (χ3v) is 6.27. The minimum atomic E-state index is -3.61. The second kappa shape index (κ2) is 8.91. The highest BCUT2D eigenvalue weighted by Gasteiger charge is 2.29. The maximum absolute atomic E-state index is 12.8. The first-order valence-electron chi connectivity index (χ1n) is 9.30. The highest BCUT2D eigenvalue weighted by Crippen LogP contribution is 2.22. The van der Waals surface area contributed by atoms with Crippen LogP contribution in [0.5, 0.6) is 6.01 Å². The van der Waals surface area contributed by atoms with Crippen LogP contribution in [0.1, 0.15) is 44.9 Å². The number of aromatic nitrogens is 2. The van der Waals surface area contributed by atoms with E-state index in [0.29, 0.717) is 32.1 Å². The van der Waals surface area contributed by atoms with E-state index < -0.39 is 15.8 Å². The molecule has 154 valence electrons. The van der Waals surface area contributed by atoms with Crippen LogP contribution >= 0.6 is 0 Å². The molecule has 0 bridgehead atoms. The zero-order valence-corrected chi connectivity index (χ0v) is 16.2. The topological polar surface area (TPSA) is 119 Å². The van der Waals surface area contributed by atoms with E-state index in [2.05, 4.69) is 14.7 Å². The van der Waals surface area contributed by atoms with Crippen LogP contribution < -0.4 is 9.46 Å². The molecular weight excluding hydrogens is 391 g/mol. The normalized spacial score (nSPS) is 23.7. The molecule has 0 spiro atoms. The zero-order chi connectivity index (χ0) is 20.1. The number of imide groups is 1. The lowest BCUT2D eigenvalue weighted by molar-refractivity contribution is -0.147. The average Bonchev–Trinajstić information content (AvgIpc) is 2.64. The predicted molar refractivity (Wildman–Crippen MR) is 96.2 cm³/mol. The highest BCUT2D eigenvalue weighted by atomic mass is 32.2. The number of ether oxygens (including phenoxy) is 1. The molecule has 2 fully saturated rings. The summed E-state index contributed by atoms with van der Waals surface area (Å²) >= 11 is 0. The van der Waals surface area contributed by atoms with E-state index in [-0.39, 0.29) is 55.1 Å². The molecule has 28 heavy (non-hydrogen) atoms. The van der Waals surface area contributed by atoms with Gasteiger partial charge >= 0.3 is 6.01 Å². The number of likely N-dealkylation sites (tertiary alicyclic amines) is 1. The van der Waals surface area contributed by atoms with Gasteiger partial charge in [-0.05, 0) is 32.1 Å². The Bertz CT molecular complexity index is 793. The average molecular weight is 414 g/mol. The number of hydrogen-bond acceptors (Lipinski definition) is 7. The largest absolute Gasteiger partial charge is 0.460 e. The third-order valence-electron chi connectivity index (χ3n) is 4.86. The molecule has 0 atom stereocenters. The van der Waals surface area contributed by atoms with Gasteiger partial charge in [-0.1, -0.05) is 0 Å². The Labute approximate surface area is 162 Å². The Morgan fingerprint density at radius 2 is 1.71 bits per heavy atom. The molecular formula is C17H23FN4O5S. The van der Waals surface area contributed by atoms with Crippen molar-refractivity contribution in [2.75, 3.05) is 12.3 Å². The molecule has 11 heteroatoms. The van der Waals surface area contributed by atoms with Crippen LogP contribution in [-0.2, 0) is 19.6 Å². The van der Waals surface area contributed by atoms with Crippen LogP contribution in [0.3, 0.4) is 0 Å². The van der Waals surface area contributed by atoms with Gasteiger partial charge in [0, 0.05) is 25.4 Å². The van der Waals surface area contributed by atoms with Crippen molar-refractivity contribution in [2.45, 2.75) is 57.1 Å². The molecule has 3 rings (SSSR count). The van der Waals surface area contributed by atoms with Crippen LogP contribution in [-0.4, -0.2) is 59.5 Å². The fourth-order valence-corrected chi connectivity index (χ4v) is 4.67. The van der Waals surface area contributed by atoms with E-state index in [1.165, 1.54) is 0 Å². The first kappa shape index (κ1) is 20.6. The van der Waals surface area contributed by atoms with E-state index in [0.717, 1.165) is 17.3 Å². The van der Waals surface area contributed by atoms with Crippen LogP contribution in [0, 0.1) is 5.82 Å². The highest BCUT2D eigenvalue weighted by molar-refractivity contribution is 7.89. The molecule has 2 aliphatic rings. The number of carbonyl (C=O) groups excluding carboxylic acids is 2. The van der Waals surface area contributed by atoms with E-state index in [1.807, 2.05) is 0 Å². The third kappa shape index (κ3) is 5.68. The molecule has 0 unspecified atom stereocenters. The molecule has 1 aliphatic carbocycles. The summed E-state index contributed by atoms with van der Waals surface area (Å²) in [5.41, 5.74) is 0. The first-order valence-corrected chi connectivity index (χ1v) is 10.9. The number of sulfonamides is 1. The summed E-state index contributed by atoms with van der Waals surface area (Å²) in [5.74, 6) is -1.47. The lowest BCUT2D eigenvalue weighted by atomic mass is 9.94. The smallest absolute Gasteiger partial charge is 0.316 e. The lowest BCUT2D eigenvalue weighted by Gasteiger charge is -2.29. The first-order chi connectivity index (χ1) is 13.3. The molecule has 9 nitrogen and oxygen atoms in total. The van der Waals surface area contributed by atoms with Gasteiger partial charge in [-0.3, -0.25) is 14.5 Å². The van der Waals surface area contributed by atoms with E-state index in [9.17, 15) is 22.4 Å². The van der Waals surface area contributed by atoms with E-state index in [4.69, 9.17) is 4.74 Å². The SMILES string of the molecule is O=C1CCCC(=O)N1CCS(=O)(=O)NC1CCC(Oc2ncc(F)cn2)CC1. The number of piperidine rings is 1. The van der Waals surface area contributed by atoms with Gasteiger partial charge in [0.25, 0.3) is 0 Å². The molecule has 0 aromatic carbocycles. The molecule has 1 aliphatic heterocycles. The van der Waals surface area contributed by atoms with Gasteiger partial charge in [-0.15, -0.1) is 0 Å². The Morgan fingerprint density at radius 1 is 1.11 bits per heavy atom. The Hall–Kier alpha value is -2.14. The van der Waals surface area contributed by atoms with E-state index >= 15 is 0 Å². The van der Waals surface area contributed by atoms with Gasteiger partial charge in [0.1, 0.15) is 6.10 Å². The zero-order valence-electron chi connectivity index (χ0n) is 15.3. The molecule has 0 radical (unpaired) electrons. The van der Waals surface area contributed by atoms with Crippen molar-refractivity contribution in [1.82, 2.24) is 19.6 Å². The van der Waals surface area contributed by atoms with Crippen molar-refractivity contribution in [1.29, 1.82) is 0 Å². The van der Waals surface area contributed by atoms with E-state index in [1.54, 1.807) is 0 Å². The second-order valence-corrected chi connectivity index (χ2v) is 8.88. The Morgan fingerprint density at radius 3 is 2.32 bits per heavy atom. The number of hydrogen-bond donors (Lipinski definition) is 1. The summed E-state index contributed by atoms with van der Waals surface area (Å²) in [5, 5.41) is 0. The monoisotopic (exact) mass is 414 g/mol. The molecule has 1 aromatic rings. The van der Waals surface area contributed by atoms with Gasteiger partial charge in [0.15, 0.2) is 5.82 Å². The quantitative estimate of drug-likeness (QED) is 0.655. The molecule has 1 saturated carbocycles. The van der Waals surface area contributed by atoms with Crippen molar-refractivity contribution >= 4 is 21.8 Å². The van der Waals surface area contributed by atoms with Crippen molar-refractivity contribution in [2.24, 2.45) is 0 Å². The van der Waals surface area contributed by atoms with Crippen LogP contribution in [0.2, 0.25) is 0 Å². The number of amides is 2. The molecule has 2 heterocycles. The van der Waals surface area contributed by atoms with Gasteiger partial charge in [-0.25, -0.2) is 27.5 Å². The molecule has 2 amide bonds. The minimum Gasteiger partial charge on any atom is -0.460 e. The minimum absolute atomic E-state index is 0.0984. The van der Waals surface area contributed by atoms with Crippen molar-refractivity contribution in [3.63, 3.8) is 0 Å². The van der Waals surface area contributed by atoms with Crippen LogP contribution in [0.15, 0.2) is 12.4 Å². The fourth-order valence-electron chi connectivity index (χ4n) is 3.38.